The molecule has 5 heteroatoms. The number of benzene rings is 1. The minimum Gasteiger partial charge on any atom is -0.387 e. The summed E-state index contributed by atoms with van der Waals surface area (Å²) in [5.74, 6) is 0. The standard InChI is InChI=1S/C19H25FN4/c1-2-14(4-10-23-20)16-11-15-3-7-22-13-18(15)19(12-16)24-17-5-8-21-9-6-17/h2-4,11-13,17,21-24H,1,5-10H2/b14-4+. The summed E-state index contributed by atoms with van der Waals surface area (Å²) in [4.78, 5) is 0. The minimum atomic E-state index is 0.174. The molecule has 128 valence electrons. The van der Waals surface area contributed by atoms with E-state index in [4.69, 9.17) is 0 Å². The van der Waals surface area contributed by atoms with Crippen LogP contribution >= 0.6 is 0 Å². The lowest BCUT2D eigenvalue weighted by Crippen LogP contribution is -2.40. The number of nitrogens with one attached hydrogen (secondary N) is 4. The molecule has 24 heavy (non-hydrogen) atoms. The van der Waals surface area contributed by atoms with E-state index in [-0.39, 0.29) is 6.54 Å². The molecule has 0 radical (unpaired) electrons. The van der Waals surface area contributed by atoms with E-state index in [2.05, 4.69) is 46.9 Å². The van der Waals surface area contributed by atoms with Gasteiger partial charge in [0, 0.05) is 36.2 Å². The molecule has 0 atom stereocenters. The summed E-state index contributed by atoms with van der Waals surface area (Å²) in [6.45, 7) is 6.96. The maximum absolute atomic E-state index is 12.3. The molecule has 0 bridgehead atoms. The minimum absolute atomic E-state index is 0.174. The van der Waals surface area contributed by atoms with Crippen LogP contribution in [0, 0.1) is 0 Å². The summed E-state index contributed by atoms with van der Waals surface area (Å²) in [6, 6.07) is 4.76. The van der Waals surface area contributed by atoms with Gasteiger partial charge in [-0.05, 0) is 54.4 Å². The molecule has 0 amide bonds. The zero-order chi connectivity index (χ0) is 16.8. The van der Waals surface area contributed by atoms with Crippen LogP contribution in [0.2, 0.25) is 0 Å². The fraction of sp³-hybridized carbons (Fsp3) is 0.368. The third-order valence-electron chi connectivity index (χ3n) is 4.55. The van der Waals surface area contributed by atoms with Gasteiger partial charge in [0.2, 0.25) is 0 Å². The number of allylic oxidation sites excluding steroid dienone is 2. The Balaban J connectivity index is 2.00. The summed E-state index contributed by atoms with van der Waals surface area (Å²) in [7, 11) is 0. The SMILES string of the molecule is C=C/C(=C\CNF)c1cc(NC2CCNCC2)c2c(c1)=CCNC=2. The number of anilines is 1. The van der Waals surface area contributed by atoms with Gasteiger partial charge in [0.1, 0.15) is 0 Å². The highest BCUT2D eigenvalue weighted by atomic mass is 19.2. The zero-order valence-electron chi connectivity index (χ0n) is 13.9. The van der Waals surface area contributed by atoms with Crippen molar-refractivity contribution in [2.45, 2.75) is 18.9 Å². The monoisotopic (exact) mass is 328 g/mol. The van der Waals surface area contributed by atoms with Gasteiger partial charge >= 0.3 is 0 Å². The fourth-order valence-electron chi connectivity index (χ4n) is 3.28. The fourth-order valence-corrected chi connectivity index (χ4v) is 3.28. The second kappa shape index (κ2) is 8.13. The van der Waals surface area contributed by atoms with Gasteiger partial charge < -0.3 is 16.0 Å². The lowest BCUT2D eigenvalue weighted by atomic mass is 10.00. The first-order valence-corrected chi connectivity index (χ1v) is 8.53. The molecular weight excluding hydrogens is 303 g/mol. The molecule has 1 saturated heterocycles. The lowest BCUT2D eigenvalue weighted by Gasteiger charge is -2.25. The van der Waals surface area contributed by atoms with Gasteiger partial charge in [0.25, 0.3) is 0 Å². The van der Waals surface area contributed by atoms with E-state index in [1.165, 1.54) is 10.4 Å². The van der Waals surface area contributed by atoms with Crippen LogP contribution in [-0.4, -0.2) is 32.2 Å². The summed E-state index contributed by atoms with van der Waals surface area (Å²) in [5.41, 5.74) is 4.79. The van der Waals surface area contributed by atoms with Gasteiger partial charge in [-0.2, -0.15) is 5.54 Å². The maximum Gasteiger partial charge on any atom is 0.0449 e. The highest BCUT2D eigenvalue weighted by Crippen LogP contribution is 2.18. The van der Waals surface area contributed by atoms with E-state index in [1.54, 1.807) is 11.6 Å². The molecule has 0 aliphatic carbocycles. The molecule has 0 aromatic heterocycles. The number of hydrogen-bond donors (Lipinski definition) is 4. The molecule has 0 saturated carbocycles. The average Bonchev–Trinajstić information content (AvgIpc) is 2.63. The molecule has 0 unspecified atom stereocenters. The van der Waals surface area contributed by atoms with Crippen molar-refractivity contribution >= 4 is 23.5 Å². The first-order chi connectivity index (χ1) is 11.8. The van der Waals surface area contributed by atoms with Crippen LogP contribution in [0.1, 0.15) is 18.4 Å². The Morgan fingerprint density at radius 1 is 1.33 bits per heavy atom. The van der Waals surface area contributed by atoms with Crippen LogP contribution in [-0.2, 0) is 0 Å². The van der Waals surface area contributed by atoms with Gasteiger partial charge in [0.15, 0.2) is 0 Å². The predicted octanol–water partition coefficient (Wildman–Crippen LogP) is 1.02. The van der Waals surface area contributed by atoms with Crippen molar-refractivity contribution in [2.75, 3.05) is 31.5 Å². The Morgan fingerprint density at radius 2 is 2.17 bits per heavy atom. The van der Waals surface area contributed by atoms with Crippen LogP contribution in [0.15, 0.2) is 30.9 Å². The van der Waals surface area contributed by atoms with Crippen molar-refractivity contribution < 1.29 is 4.48 Å². The smallest absolute Gasteiger partial charge is 0.0449 e. The van der Waals surface area contributed by atoms with Gasteiger partial charge in [-0.15, -0.1) is 4.48 Å². The Labute approximate surface area is 142 Å². The normalized spacial score (nSPS) is 18.0. The molecule has 1 aromatic rings. The second-order valence-electron chi connectivity index (χ2n) is 6.15. The molecular formula is C19H25FN4. The van der Waals surface area contributed by atoms with E-state index in [0.717, 1.165) is 49.3 Å². The van der Waals surface area contributed by atoms with Gasteiger partial charge in [-0.3, -0.25) is 0 Å². The van der Waals surface area contributed by atoms with Crippen molar-refractivity contribution in [1.29, 1.82) is 0 Å². The van der Waals surface area contributed by atoms with E-state index in [1.807, 2.05) is 6.08 Å². The number of fused-ring (bicyclic) bond motifs is 1. The third-order valence-corrected chi connectivity index (χ3v) is 4.55. The predicted molar refractivity (Wildman–Crippen MR) is 99.4 cm³/mol. The van der Waals surface area contributed by atoms with Gasteiger partial charge in [-0.1, -0.05) is 24.8 Å². The van der Waals surface area contributed by atoms with Crippen molar-refractivity contribution in [3.05, 3.63) is 46.9 Å². The Hall–Kier alpha value is -2.11. The van der Waals surface area contributed by atoms with E-state index in [0.29, 0.717) is 6.04 Å². The molecule has 2 aliphatic heterocycles. The molecule has 0 spiro atoms. The molecule has 2 aliphatic rings. The van der Waals surface area contributed by atoms with Crippen LogP contribution in [0.5, 0.6) is 0 Å². The summed E-state index contributed by atoms with van der Waals surface area (Å²) >= 11 is 0. The molecule has 3 rings (SSSR count). The molecule has 4 N–H and O–H groups in total. The van der Waals surface area contributed by atoms with Crippen LogP contribution in [0.4, 0.5) is 10.2 Å². The zero-order valence-corrected chi connectivity index (χ0v) is 13.9. The van der Waals surface area contributed by atoms with Gasteiger partial charge in [0.05, 0.1) is 0 Å². The maximum atomic E-state index is 12.3. The third kappa shape index (κ3) is 3.86. The topological polar surface area (TPSA) is 48.1 Å². The number of hydrogen-bond acceptors (Lipinski definition) is 4. The van der Waals surface area contributed by atoms with Crippen molar-refractivity contribution in [3.63, 3.8) is 0 Å². The Bertz CT molecular complexity index is 732. The first-order valence-electron chi connectivity index (χ1n) is 8.53. The van der Waals surface area contributed by atoms with E-state index in [9.17, 15) is 4.48 Å². The van der Waals surface area contributed by atoms with E-state index >= 15 is 0 Å². The largest absolute Gasteiger partial charge is 0.387 e. The van der Waals surface area contributed by atoms with Crippen LogP contribution in [0.25, 0.3) is 17.8 Å². The Kier molecular flexibility index (Phi) is 5.67. The molecule has 2 heterocycles. The number of rotatable bonds is 6. The van der Waals surface area contributed by atoms with Crippen molar-refractivity contribution in [1.82, 2.24) is 16.2 Å². The molecule has 1 aromatic carbocycles. The summed E-state index contributed by atoms with van der Waals surface area (Å²) in [6.07, 6.45) is 10.1. The highest BCUT2D eigenvalue weighted by molar-refractivity contribution is 5.76. The molecule has 1 fully saturated rings. The summed E-state index contributed by atoms with van der Waals surface area (Å²) < 4.78 is 12.3. The second-order valence-corrected chi connectivity index (χ2v) is 6.15. The summed E-state index contributed by atoms with van der Waals surface area (Å²) in [5, 5.41) is 12.8. The Morgan fingerprint density at radius 3 is 2.92 bits per heavy atom. The quantitative estimate of drug-likeness (QED) is 0.465. The number of piperidine rings is 1. The number of halogens is 1. The van der Waals surface area contributed by atoms with Crippen LogP contribution < -0.4 is 31.9 Å². The first kappa shape index (κ1) is 16.7. The average molecular weight is 328 g/mol. The molecule has 4 nitrogen and oxygen atoms in total. The van der Waals surface area contributed by atoms with Gasteiger partial charge in [-0.25, -0.2) is 0 Å². The highest BCUT2D eigenvalue weighted by Gasteiger charge is 2.14. The lowest BCUT2D eigenvalue weighted by molar-refractivity contribution is 0.357. The van der Waals surface area contributed by atoms with E-state index < -0.39 is 0 Å². The van der Waals surface area contributed by atoms with Crippen molar-refractivity contribution in [2.24, 2.45) is 0 Å². The van der Waals surface area contributed by atoms with Crippen LogP contribution in [0.3, 0.4) is 0 Å². The van der Waals surface area contributed by atoms with Crippen molar-refractivity contribution in [3.8, 4) is 0 Å².